The Bertz CT molecular complexity index is 858. The zero-order chi connectivity index (χ0) is 26.9. The van der Waals surface area contributed by atoms with Crippen molar-refractivity contribution in [3.05, 3.63) is 36.0 Å². The maximum Gasteiger partial charge on any atom is 0.409 e. The van der Waals surface area contributed by atoms with Gasteiger partial charge >= 0.3 is 18.0 Å². The summed E-state index contributed by atoms with van der Waals surface area (Å²) in [5.41, 5.74) is -0.645. The summed E-state index contributed by atoms with van der Waals surface area (Å²) in [6.45, 7) is 10.2. The van der Waals surface area contributed by atoms with Crippen LogP contribution in [0.5, 0.6) is 0 Å². The molecule has 202 valence electrons. The number of cyclic esters (lactones) is 1. The van der Waals surface area contributed by atoms with Gasteiger partial charge in [0, 0.05) is 31.8 Å². The highest BCUT2D eigenvalue weighted by Gasteiger charge is 2.35. The molecule has 6 atom stereocenters. The molecule has 0 spiro atoms. The van der Waals surface area contributed by atoms with Gasteiger partial charge in [-0.3, -0.25) is 9.59 Å². The molecule has 1 saturated heterocycles. The van der Waals surface area contributed by atoms with E-state index < -0.39 is 35.9 Å². The Labute approximate surface area is 213 Å². The molecular weight excluding hydrogens is 466 g/mol. The molecule has 1 amide bonds. The molecule has 0 aromatic carbocycles. The van der Waals surface area contributed by atoms with Gasteiger partial charge < -0.3 is 29.3 Å². The maximum atomic E-state index is 12.5. The van der Waals surface area contributed by atoms with Gasteiger partial charge in [0.2, 0.25) is 0 Å². The Kier molecular flexibility index (Phi) is 11.2. The fourth-order valence-electron chi connectivity index (χ4n) is 3.97. The highest BCUT2D eigenvalue weighted by molar-refractivity contribution is 5.70. The van der Waals surface area contributed by atoms with Gasteiger partial charge in [-0.05, 0) is 44.8 Å². The monoisotopic (exact) mass is 507 g/mol. The molecule has 9 nitrogen and oxygen atoms in total. The van der Waals surface area contributed by atoms with E-state index in [9.17, 15) is 24.6 Å². The maximum absolute atomic E-state index is 12.5. The normalized spacial score (nSPS) is 31.9. The van der Waals surface area contributed by atoms with Crippen molar-refractivity contribution in [1.82, 2.24) is 4.90 Å². The number of aliphatic hydroxyl groups is 2. The number of esters is 2. The van der Waals surface area contributed by atoms with Crippen molar-refractivity contribution in [3.8, 4) is 0 Å². The van der Waals surface area contributed by atoms with Crippen LogP contribution in [0.4, 0.5) is 4.79 Å². The van der Waals surface area contributed by atoms with Crippen molar-refractivity contribution in [3.63, 3.8) is 0 Å². The van der Waals surface area contributed by atoms with Crippen LogP contribution in [0.25, 0.3) is 0 Å². The van der Waals surface area contributed by atoms with E-state index in [2.05, 4.69) is 0 Å². The van der Waals surface area contributed by atoms with Crippen LogP contribution in [0.15, 0.2) is 36.0 Å². The number of amides is 1. The van der Waals surface area contributed by atoms with Gasteiger partial charge in [0.05, 0.1) is 19.1 Å². The summed E-state index contributed by atoms with van der Waals surface area (Å²) < 4.78 is 16.4. The topological polar surface area (TPSA) is 123 Å². The number of rotatable bonds is 6. The van der Waals surface area contributed by atoms with E-state index in [0.717, 1.165) is 25.1 Å². The standard InChI is InChI=1S/C27H41NO8/c1-18(17-34-26(32)28-14-7-15-28)8-6-9-19(2)25-20(3)10-11-23(35-21(4)29)27(5,33)13-12-22(30)16-24(31)36-25/h6,8-11,18,20,22-23,25,30,33H,7,12-17H2,1-5H3/b8-6+,11-10-,19-9+/t18-,20+,22+,23+,25-,27+/m1/s1. The van der Waals surface area contributed by atoms with Gasteiger partial charge in [-0.1, -0.05) is 38.2 Å². The van der Waals surface area contributed by atoms with E-state index in [1.807, 2.05) is 39.0 Å². The second-order valence-electron chi connectivity index (χ2n) is 10.1. The minimum absolute atomic E-state index is 0.00248. The highest BCUT2D eigenvalue weighted by atomic mass is 16.6. The first-order valence-electron chi connectivity index (χ1n) is 12.6. The molecule has 0 radical (unpaired) electrons. The molecular formula is C27H41NO8. The lowest BCUT2D eigenvalue weighted by molar-refractivity contribution is -0.157. The lowest BCUT2D eigenvalue weighted by Crippen LogP contribution is -2.42. The molecule has 2 heterocycles. The third-order valence-electron chi connectivity index (χ3n) is 6.45. The average Bonchev–Trinajstić information content (AvgIpc) is 2.75. The molecule has 0 aromatic heterocycles. The Balaban J connectivity index is 2.13. The van der Waals surface area contributed by atoms with Crippen LogP contribution in [0.3, 0.4) is 0 Å². The van der Waals surface area contributed by atoms with Crippen molar-refractivity contribution in [2.24, 2.45) is 11.8 Å². The molecule has 0 saturated carbocycles. The summed E-state index contributed by atoms with van der Waals surface area (Å²) >= 11 is 0. The third-order valence-corrected chi connectivity index (χ3v) is 6.45. The molecule has 0 unspecified atom stereocenters. The van der Waals surface area contributed by atoms with Crippen molar-refractivity contribution in [2.45, 2.75) is 84.2 Å². The summed E-state index contributed by atoms with van der Waals surface area (Å²) in [6, 6.07) is 0. The molecule has 2 aliphatic heterocycles. The smallest absolute Gasteiger partial charge is 0.409 e. The number of allylic oxidation sites excluding steroid dienone is 2. The second-order valence-corrected chi connectivity index (χ2v) is 10.1. The van der Waals surface area contributed by atoms with E-state index in [-0.39, 0.29) is 43.8 Å². The van der Waals surface area contributed by atoms with Crippen molar-refractivity contribution >= 4 is 18.0 Å². The lowest BCUT2D eigenvalue weighted by atomic mass is 9.88. The van der Waals surface area contributed by atoms with E-state index >= 15 is 0 Å². The number of hydrogen-bond donors (Lipinski definition) is 2. The molecule has 36 heavy (non-hydrogen) atoms. The summed E-state index contributed by atoms with van der Waals surface area (Å²) in [7, 11) is 0. The highest BCUT2D eigenvalue weighted by Crippen LogP contribution is 2.27. The predicted octanol–water partition coefficient (Wildman–Crippen LogP) is 3.30. The first-order chi connectivity index (χ1) is 16.9. The van der Waals surface area contributed by atoms with Gasteiger partial charge in [-0.15, -0.1) is 0 Å². The van der Waals surface area contributed by atoms with Gasteiger partial charge in [-0.2, -0.15) is 0 Å². The Morgan fingerprint density at radius 3 is 2.61 bits per heavy atom. The van der Waals surface area contributed by atoms with Crippen LogP contribution >= 0.6 is 0 Å². The zero-order valence-electron chi connectivity index (χ0n) is 22.0. The zero-order valence-corrected chi connectivity index (χ0v) is 22.0. The molecule has 1 fully saturated rings. The number of nitrogens with zero attached hydrogens (tertiary/aromatic N) is 1. The van der Waals surface area contributed by atoms with Crippen LogP contribution in [0, 0.1) is 11.8 Å². The summed E-state index contributed by atoms with van der Waals surface area (Å²) in [5, 5.41) is 21.2. The number of carbonyl (C=O) groups is 3. The van der Waals surface area contributed by atoms with Gasteiger partial charge in [0.1, 0.15) is 17.8 Å². The largest absolute Gasteiger partial charge is 0.457 e. The molecule has 2 aliphatic rings. The van der Waals surface area contributed by atoms with Gasteiger partial charge in [-0.25, -0.2) is 4.79 Å². The molecule has 9 heteroatoms. The second kappa shape index (κ2) is 13.6. The van der Waals surface area contributed by atoms with Crippen molar-refractivity contribution in [1.29, 1.82) is 0 Å². The van der Waals surface area contributed by atoms with E-state index in [4.69, 9.17) is 14.2 Å². The molecule has 2 rings (SSSR count). The van der Waals surface area contributed by atoms with E-state index in [0.29, 0.717) is 0 Å². The SMILES string of the molecule is CC(=O)O[C@H]1/C=C\[C@H](C)[C@@H](/C(C)=C/C=C/[C@@H](C)COC(=O)N2CCC2)OC(=O)C[C@@H](O)CC[C@]1(C)O. The van der Waals surface area contributed by atoms with Crippen LogP contribution in [-0.2, 0) is 23.8 Å². The number of likely N-dealkylation sites (tertiary alicyclic amines) is 1. The lowest BCUT2D eigenvalue weighted by Gasteiger charge is -2.32. The Morgan fingerprint density at radius 2 is 2.00 bits per heavy atom. The quantitative estimate of drug-likeness (QED) is 0.243. The van der Waals surface area contributed by atoms with Crippen molar-refractivity contribution in [2.75, 3.05) is 19.7 Å². The molecule has 0 aliphatic carbocycles. The average molecular weight is 508 g/mol. The number of carbonyl (C=O) groups excluding carboxylic acids is 3. The van der Waals surface area contributed by atoms with Crippen LogP contribution < -0.4 is 0 Å². The van der Waals surface area contributed by atoms with Crippen LogP contribution in [0.2, 0.25) is 0 Å². The van der Waals surface area contributed by atoms with Crippen molar-refractivity contribution < 1.29 is 38.8 Å². The minimum Gasteiger partial charge on any atom is -0.457 e. The third kappa shape index (κ3) is 9.43. The van der Waals surface area contributed by atoms with Crippen LogP contribution in [0.1, 0.15) is 60.3 Å². The molecule has 2 N–H and O–H groups in total. The van der Waals surface area contributed by atoms with Gasteiger partial charge in [0.25, 0.3) is 0 Å². The minimum atomic E-state index is -1.41. The number of aliphatic hydroxyl groups excluding tert-OH is 1. The first kappa shape index (κ1) is 29.6. The van der Waals surface area contributed by atoms with E-state index in [1.165, 1.54) is 6.92 Å². The molecule has 0 aromatic rings. The summed E-state index contributed by atoms with van der Waals surface area (Å²) in [6.07, 6.45) is 7.20. The van der Waals surface area contributed by atoms with Gasteiger partial charge in [0.15, 0.2) is 0 Å². The summed E-state index contributed by atoms with van der Waals surface area (Å²) in [4.78, 5) is 37.6. The van der Waals surface area contributed by atoms with Crippen LogP contribution in [-0.4, -0.2) is 76.8 Å². The fourth-order valence-corrected chi connectivity index (χ4v) is 3.97. The Hall–Kier alpha value is -2.65. The Morgan fingerprint density at radius 1 is 1.31 bits per heavy atom. The number of hydrogen-bond acceptors (Lipinski definition) is 8. The van der Waals surface area contributed by atoms with E-state index in [1.54, 1.807) is 24.0 Å². The fraction of sp³-hybridized carbons (Fsp3) is 0.667. The number of ether oxygens (including phenoxy) is 3. The first-order valence-corrected chi connectivity index (χ1v) is 12.6. The molecule has 0 bridgehead atoms. The predicted molar refractivity (Wildman–Crippen MR) is 134 cm³/mol. The summed E-state index contributed by atoms with van der Waals surface area (Å²) in [5.74, 6) is -1.37.